The Morgan fingerprint density at radius 2 is 1.79 bits per heavy atom. The lowest BCUT2D eigenvalue weighted by molar-refractivity contribution is 0.203. The fourth-order valence-corrected chi connectivity index (χ4v) is 1.69. The molecule has 0 saturated carbocycles. The number of carbonyl (C=O) groups is 1. The number of hydrogen-bond donors (Lipinski definition) is 2. The topological polar surface area (TPSA) is 50.4 Å². The quantitative estimate of drug-likeness (QED) is 0.827. The van der Waals surface area contributed by atoms with Gasteiger partial charge >= 0.3 is 6.09 Å². The number of hydrazine groups is 1. The first kappa shape index (κ1) is 13.0. The van der Waals surface area contributed by atoms with E-state index in [2.05, 4.69) is 10.9 Å². The van der Waals surface area contributed by atoms with Crippen LogP contribution in [0.3, 0.4) is 0 Å². The Morgan fingerprint density at radius 3 is 2.47 bits per heavy atom. The van der Waals surface area contributed by atoms with Crippen LogP contribution < -0.4 is 15.6 Å². The summed E-state index contributed by atoms with van der Waals surface area (Å²) in [4.78, 5) is 11.6. The van der Waals surface area contributed by atoms with Gasteiger partial charge in [-0.2, -0.15) is 0 Å². The molecule has 0 fully saturated rings. The zero-order chi connectivity index (χ0) is 13.7. The van der Waals surface area contributed by atoms with Gasteiger partial charge in [0.05, 0.1) is 5.69 Å². The van der Waals surface area contributed by atoms with Gasteiger partial charge < -0.3 is 4.74 Å². The fraction of sp³-hybridized carbons (Fsp3) is 0.133. The van der Waals surface area contributed by atoms with Crippen molar-refractivity contribution in [3.8, 4) is 5.75 Å². The second-order valence-corrected chi connectivity index (χ2v) is 4.27. The lowest BCUT2D eigenvalue weighted by Gasteiger charge is -2.11. The number of benzene rings is 2. The molecule has 0 aliphatic rings. The monoisotopic (exact) mass is 256 g/mol. The summed E-state index contributed by atoms with van der Waals surface area (Å²) in [7, 11) is 0. The van der Waals surface area contributed by atoms with Crippen molar-refractivity contribution in [1.29, 1.82) is 0 Å². The third-order valence-electron chi connectivity index (χ3n) is 2.63. The van der Waals surface area contributed by atoms with E-state index >= 15 is 0 Å². The maximum atomic E-state index is 11.6. The van der Waals surface area contributed by atoms with Gasteiger partial charge in [-0.25, -0.2) is 10.2 Å². The molecule has 0 aliphatic carbocycles. The van der Waals surface area contributed by atoms with E-state index < -0.39 is 6.09 Å². The van der Waals surface area contributed by atoms with E-state index in [1.807, 2.05) is 38.1 Å². The zero-order valence-electron chi connectivity index (χ0n) is 10.9. The summed E-state index contributed by atoms with van der Waals surface area (Å²) in [6.45, 7) is 3.99. The maximum absolute atomic E-state index is 11.6. The molecule has 0 atom stereocenters. The molecule has 0 bridgehead atoms. The van der Waals surface area contributed by atoms with Crippen molar-refractivity contribution in [3.63, 3.8) is 0 Å². The number of para-hydroxylation sites is 1. The van der Waals surface area contributed by atoms with Gasteiger partial charge in [-0.05, 0) is 37.6 Å². The van der Waals surface area contributed by atoms with Crippen molar-refractivity contribution >= 4 is 11.8 Å². The van der Waals surface area contributed by atoms with Crippen LogP contribution in [-0.2, 0) is 0 Å². The highest BCUT2D eigenvalue weighted by Gasteiger charge is 2.04. The predicted octanol–water partition coefficient (Wildman–Crippen LogP) is 3.42. The number of nitrogens with one attached hydrogen (secondary N) is 2. The summed E-state index contributed by atoms with van der Waals surface area (Å²) in [5.41, 5.74) is 8.41. The first-order valence-corrected chi connectivity index (χ1v) is 6.01. The Labute approximate surface area is 112 Å². The van der Waals surface area contributed by atoms with E-state index in [-0.39, 0.29) is 0 Å². The van der Waals surface area contributed by atoms with Gasteiger partial charge in [-0.3, -0.25) is 5.43 Å². The number of rotatable bonds is 3. The van der Waals surface area contributed by atoms with Crippen LogP contribution in [0.15, 0.2) is 48.5 Å². The molecule has 4 heteroatoms. The average molecular weight is 256 g/mol. The Bertz CT molecular complexity index is 568. The maximum Gasteiger partial charge on any atom is 0.431 e. The molecule has 0 aliphatic heterocycles. The number of aryl methyl sites for hydroxylation is 2. The summed E-state index contributed by atoms with van der Waals surface area (Å²) >= 11 is 0. The molecule has 0 unspecified atom stereocenters. The molecule has 2 rings (SSSR count). The first-order valence-electron chi connectivity index (χ1n) is 6.01. The summed E-state index contributed by atoms with van der Waals surface area (Å²) in [6, 6.07) is 14.8. The van der Waals surface area contributed by atoms with E-state index in [1.54, 1.807) is 24.3 Å². The molecular weight excluding hydrogens is 240 g/mol. The SMILES string of the molecule is Cc1ccc(NNC(=O)Oc2ccccc2)c(C)c1. The average Bonchev–Trinajstić information content (AvgIpc) is 2.39. The zero-order valence-corrected chi connectivity index (χ0v) is 10.9. The van der Waals surface area contributed by atoms with Gasteiger partial charge in [0.2, 0.25) is 0 Å². The Morgan fingerprint density at radius 1 is 1.05 bits per heavy atom. The predicted molar refractivity (Wildman–Crippen MR) is 75.1 cm³/mol. The molecule has 2 aromatic rings. The van der Waals surface area contributed by atoms with Crippen molar-refractivity contribution in [3.05, 3.63) is 59.7 Å². The van der Waals surface area contributed by atoms with Crippen LogP contribution in [0, 0.1) is 13.8 Å². The second kappa shape index (κ2) is 5.91. The molecular formula is C15H16N2O2. The van der Waals surface area contributed by atoms with Crippen LogP contribution in [0.1, 0.15) is 11.1 Å². The van der Waals surface area contributed by atoms with Crippen LogP contribution in [0.25, 0.3) is 0 Å². The van der Waals surface area contributed by atoms with Gasteiger partial charge in [0.1, 0.15) is 5.75 Å². The Balaban J connectivity index is 1.90. The molecule has 19 heavy (non-hydrogen) atoms. The smallest absolute Gasteiger partial charge is 0.409 e. The van der Waals surface area contributed by atoms with Gasteiger partial charge in [-0.15, -0.1) is 0 Å². The van der Waals surface area contributed by atoms with Gasteiger partial charge in [-0.1, -0.05) is 35.9 Å². The Kier molecular flexibility index (Phi) is 4.03. The summed E-state index contributed by atoms with van der Waals surface area (Å²) in [5, 5.41) is 0. The summed E-state index contributed by atoms with van der Waals surface area (Å²) in [5.74, 6) is 0.502. The van der Waals surface area contributed by atoms with Gasteiger partial charge in [0.15, 0.2) is 0 Å². The third kappa shape index (κ3) is 3.74. The van der Waals surface area contributed by atoms with Crippen molar-refractivity contribution in [2.24, 2.45) is 0 Å². The highest BCUT2D eigenvalue weighted by Crippen LogP contribution is 2.15. The van der Waals surface area contributed by atoms with E-state index in [0.29, 0.717) is 5.75 Å². The molecule has 2 N–H and O–H groups in total. The molecule has 0 radical (unpaired) electrons. The highest BCUT2D eigenvalue weighted by molar-refractivity contribution is 5.72. The van der Waals surface area contributed by atoms with E-state index in [0.717, 1.165) is 11.3 Å². The minimum absolute atomic E-state index is 0.502. The van der Waals surface area contributed by atoms with E-state index in [9.17, 15) is 4.79 Å². The highest BCUT2D eigenvalue weighted by atomic mass is 16.6. The molecule has 0 heterocycles. The number of anilines is 1. The molecule has 0 spiro atoms. The number of carbonyl (C=O) groups excluding carboxylic acids is 1. The van der Waals surface area contributed by atoms with Gasteiger partial charge in [0, 0.05) is 0 Å². The normalized spacial score (nSPS) is 9.79. The summed E-state index contributed by atoms with van der Waals surface area (Å²) < 4.78 is 5.09. The third-order valence-corrected chi connectivity index (χ3v) is 2.63. The molecule has 1 amide bonds. The molecule has 0 saturated heterocycles. The van der Waals surface area contributed by atoms with Crippen molar-refractivity contribution in [2.75, 3.05) is 5.43 Å². The summed E-state index contributed by atoms with van der Waals surface area (Å²) in [6.07, 6.45) is -0.550. The lowest BCUT2D eigenvalue weighted by atomic mass is 10.1. The number of hydrogen-bond acceptors (Lipinski definition) is 3. The van der Waals surface area contributed by atoms with Crippen LogP contribution in [0.2, 0.25) is 0 Å². The minimum Gasteiger partial charge on any atom is -0.409 e. The first-order chi connectivity index (χ1) is 9.15. The van der Waals surface area contributed by atoms with Crippen LogP contribution >= 0.6 is 0 Å². The number of amides is 1. The van der Waals surface area contributed by atoms with Crippen LogP contribution in [0.5, 0.6) is 5.75 Å². The second-order valence-electron chi connectivity index (χ2n) is 4.27. The van der Waals surface area contributed by atoms with Crippen molar-refractivity contribution in [1.82, 2.24) is 5.43 Å². The van der Waals surface area contributed by atoms with Crippen molar-refractivity contribution in [2.45, 2.75) is 13.8 Å². The standard InChI is InChI=1S/C15H16N2O2/c1-11-8-9-14(12(2)10-11)16-17-15(18)19-13-6-4-3-5-7-13/h3-10,16H,1-2H3,(H,17,18). The minimum atomic E-state index is -0.550. The van der Waals surface area contributed by atoms with E-state index in [1.165, 1.54) is 5.56 Å². The van der Waals surface area contributed by atoms with Gasteiger partial charge in [0.25, 0.3) is 0 Å². The Hall–Kier alpha value is -2.49. The lowest BCUT2D eigenvalue weighted by Crippen LogP contribution is -2.32. The van der Waals surface area contributed by atoms with E-state index in [4.69, 9.17) is 4.74 Å². The van der Waals surface area contributed by atoms with Crippen LogP contribution in [-0.4, -0.2) is 6.09 Å². The molecule has 2 aromatic carbocycles. The van der Waals surface area contributed by atoms with Crippen LogP contribution in [0.4, 0.5) is 10.5 Å². The van der Waals surface area contributed by atoms with Crippen molar-refractivity contribution < 1.29 is 9.53 Å². The molecule has 98 valence electrons. The molecule has 4 nitrogen and oxygen atoms in total. The fourth-order valence-electron chi connectivity index (χ4n) is 1.69. The number of ether oxygens (including phenoxy) is 1. The largest absolute Gasteiger partial charge is 0.431 e. The molecule has 0 aromatic heterocycles.